The summed E-state index contributed by atoms with van der Waals surface area (Å²) in [5.41, 5.74) is 1.03. The second-order valence-corrected chi connectivity index (χ2v) is 6.93. The number of nitrogens with zero attached hydrogens (tertiary/aromatic N) is 2. The quantitative estimate of drug-likeness (QED) is 0.876. The van der Waals surface area contributed by atoms with Crippen LogP contribution >= 0.6 is 0 Å². The van der Waals surface area contributed by atoms with Crippen LogP contribution in [-0.4, -0.2) is 62.3 Å². The van der Waals surface area contributed by atoms with E-state index in [0.717, 1.165) is 5.56 Å². The highest BCUT2D eigenvalue weighted by molar-refractivity contribution is 7.88. The van der Waals surface area contributed by atoms with Crippen LogP contribution in [0.5, 0.6) is 11.5 Å². The third-order valence-electron chi connectivity index (χ3n) is 3.45. The highest BCUT2D eigenvalue weighted by atomic mass is 32.2. The summed E-state index contributed by atoms with van der Waals surface area (Å²) in [7, 11) is -1.57. The molecular formula is C13H20N2O4S. The second-order valence-electron chi connectivity index (χ2n) is 4.94. The number of sulfonamides is 1. The molecule has 0 aliphatic carbocycles. The Balaban J connectivity index is 1.96. The fraction of sp³-hybridized carbons (Fsp3) is 0.538. The molecular weight excluding hydrogens is 280 g/mol. The van der Waals surface area contributed by atoms with E-state index in [1.165, 1.54) is 17.7 Å². The number of methoxy groups -OCH3 is 1. The average Bonchev–Trinajstić information content (AvgIpc) is 2.40. The number of ether oxygens (including phenoxy) is 1. The first-order chi connectivity index (χ1) is 9.40. The third kappa shape index (κ3) is 3.62. The van der Waals surface area contributed by atoms with Crippen molar-refractivity contribution in [2.45, 2.75) is 6.54 Å². The summed E-state index contributed by atoms with van der Waals surface area (Å²) in [5, 5.41) is 9.55. The molecule has 112 valence electrons. The van der Waals surface area contributed by atoms with Gasteiger partial charge in [-0.1, -0.05) is 6.07 Å². The van der Waals surface area contributed by atoms with E-state index in [1.807, 2.05) is 6.07 Å². The smallest absolute Gasteiger partial charge is 0.211 e. The SMILES string of the molecule is COc1cc(CN2CCN(S(C)(=O)=O)CC2)ccc1O. The minimum Gasteiger partial charge on any atom is -0.504 e. The lowest BCUT2D eigenvalue weighted by atomic mass is 10.2. The van der Waals surface area contributed by atoms with Gasteiger partial charge in [0.25, 0.3) is 0 Å². The van der Waals surface area contributed by atoms with E-state index < -0.39 is 10.0 Å². The zero-order valence-corrected chi connectivity index (χ0v) is 12.6. The van der Waals surface area contributed by atoms with Crippen molar-refractivity contribution < 1.29 is 18.3 Å². The highest BCUT2D eigenvalue weighted by Crippen LogP contribution is 2.27. The van der Waals surface area contributed by atoms with Crippen molar-refractivity contribution in [2.24, 2.45) is 0 Å². The van der Waals surface area contributed by atoms with Gasteiger partial charge in [-0.2, -0.15) is 4.31 Å². The fourth-order valence-electron chi connectivity index (χ4n) is 2.30. The van der Waals surface area contributed by atoms with Gasteiger partial charge in [0.2, 0.25) is 10.0 Å². The van der Waals surface area contributed by atoms with Gasteiger partial charge < -0.3 is 9.84 Å². The standard InChI is InChI=1S/C13H20N2O4S/c1-19-13-9-11(3-4-12(13)16)10-14-5-7-15(8-6-14)20(2,17)18/h3-4,9,16H,5-8,10H2,1-2H3. The molecule has 1 N–H and O–H groups in total. The number of aromatic hydroxyl groups is 1. The van der Waals surface area contributed by atoms with Gasteiger partial charge in [0.05, 0.1) is 13.4 Å². The van der Waals surface area contributed by atoms with Crippen LogP contribution in [0.1, 0.15) is 5.56 Å². The molecule has 7 heteroatoms. The van der Waals surface area contributed by atoms with E-state index in [4.69, 9.17) is 4.74 Å². The molecule has 0 radical (unpaired) electrons. The maximum Gasteiger partial charge on any atom is 0.211 e. The number of piperazine rings is 1. The molecule has 0 bridgehead atoms. The first kappa shape index (κ1) is 15.1. The van der Waals surface area contributed by atoms with Gasteiger partial charge in [-0.15, -0.1) is 0 Å². The molecule has 1 aromatic carbocycles. The third-order valence-corrected chi connectivity index (χ3v) is 4.75. The molecule has 1 aliphatic rings. The molecule has 0 spiro atoms. The molecule has 0 saturated carbocycles. The monoisotopic (exact) mass is 300 g/mol. The van der Waals surface area contributed by atoms with Gasteiger partial charge in [-0.05, 0) is 17.7 Å². The largest absolute Gasteiger partial charge is 0.504 e. The molecule has 1 fully saturated rings. The van der Waals surface area contributed by atoms with Gasteiger partial charge >= 0.3 is 0 Å². The Hall–Kier alpha value is -1.31. The predicted octanol–water partition coefficient (Wildman–Crippen LogP) is 0.478. The first-order valence-corrected chi connectivity index (χ1v) is 8.28. The molecule has 2 rings (SSSR count). The van der Waals surface area contributed by atoms with Crippen molar-refractivity contribution in [1.82, 2.24) is 9.21 Å². The van der Waals surface area contributed by atoms with Crippen LogP contribution in [0.4, 0.5) is 0 Å². The molecule has 1 aliphatic heterocycles. The normalized spacial score (nSPS) is 18.1. The Kier molecular flexibility index (Phi) is 4.52. The van der Waals surface area contributed by atoms with Gasteiger partial charge in [-0.25, -0.2) is 8.42 Å². The summed E-state index contributed by atoms with van der Waals surface area (Å²) in [6, 6.07) is 5.26. The topological polar surface area (TPSA) is 70.1 Å². The number of phenolic OH excluding ortho intramolecular Hbond substituents is 1. The van der Waals surface area contributed by atoms with Crippen LogP contribution in [0.2, 0.25) is 0 Å². The molecule has 0 atom stereocenters. The van der Waals surface area contributed by atoms with Crippen molar-refractivity contribution in [1.29, 1.82) is 0 Å². The minimum absolute atomic E-state index is 0.123. The molecule has 0 unspecified atom stereocenters. The minimum atomic E-state index is -3.08. The Morgan fingerprint density at radius 2 is 1.90 bits per heavy atom. The van der Waals surface area contributed by atoms with Gasteiger partial charge in [0, 0.05) is 32.7 Å². The van der Waals surface area contributed by atoms with Gasteiger partial charge in [-0.3, -0.25) is 4.90 Å². The van der Waals surface area contributed by atoms with E-state index in [-0.39, 0.29) is 5.75 Å². The summed E-state index contributed by atoms with van der Waals surface area (Å²) >= 11 is 0. The zero-order chi connectivity index (χ0) is 14.8. The number of phenols is 1. The summed E-state index contributed by atoms with van der Waals surface area (Å²) < 4.78 is 29.5. The summed E-state index contributed by atoms with van der Waals surface area (Å²) in [6.07, 6.45) is 1.24. The molecule has 20 heavy (non-hydrogen) atoms. The second kappa shape index (κ2) is 5.99. The summed E-state index contributed by atoms with van der Waals surface area (Å²) in [6.45, 7) is 3.17. The Morgan fingerprint density at radius 3 is 2.45 bits per heavy atom. The predicted molar refractivity (Wildman–Crippen MR) is 76.4 cm³/mol. The van der Waals surface area contributed by atoms with Crippen LogP contribution < -0.4 is 4.74 Å². The summed E-state index contributed by atoms with van der Waals surface area (Å²) in [5.74, 6) is 0.579. The lowest BCUT2D eigenvalue weighted by Gasteiger charge is -2.33. The van der Waals surface area contributed by atoms with Crippen molar-refractivity contribution in [3.05, 3.63) is 23.8 Å². The number of benzene rings is 1. The van der Waals surface area contributed by atoms with Gasteiger partial charge in [0.1, 0.15) is 0 Å². The van der Waals surface area contributed by atoms with Crippen LogP contribution in [0.15, 0.2) is 18.2 Å². The van der Waals surface area contributed by atoms with Crippen LogP contribution in [0.25, 0.3) is 0 Å². The molecule has 1 aromatic rings. The Labute approximate surface area is 119 Å². The lowest BCUT2D eigenvalue weighted by Crippen LogP contribution is -2.47. The lowest BCUT2D eigenvalue weighted by molar-refractivity contribution is 0.182. The Bertz CT molecular complexity index is 566. The maximum atomic E-state index is 11.4. The van der Waals surface area contributed by atoms with Crippen molar-refractivity contribution in [3.8, 4) is 11.5 Å². The molecule has 0 aromatic heterocycles. The van der Waals surface area contributed by atoms with E-state index in [0.29, 0.717) is 38.5 Å². The van der Waals surface area contributed by atoms with Crippen molar-refractivity contribution in [3.63, 3.8) is 0 Å². The average molecular weight is 300 g/mol. The Morgan fingerprint density at radius 1 is 1.25 bits per heavy atom. The van der Waals surface area contributed by atoms with E-state index in [9.17, 15) is 13.5 Å². The number of hydrogen-bond acceptors (Lipinski definition) is 5. The molecule has 1 saturated heterocycles. The van der Waals surface area contributed by atoms with E-state index in [1.54, 1.807) is 12.1 Å². The van der Waals surface area contributed by atoms with Crippen LogP contribution in [0.3, 0.4) is 0 Å². The van der Waals surface area contributed by atoms with Crippen LogP contribution in [-0.2, 0) is 16.6 Å². The maximum absolute atomic E-state index is 11.4. The number of rotatable bonds is 4. The van der Waals surface area contributed by atoms with Crippen LogP contribution in [0, 0.1) is 0 Å². The molecule has 6 nitrogen and oxygen atoms in total. The van der Waals surface area contributed by atoms with E-state index in [2.05, 4.69) is 4.90 Å². The van der Waals surface area contributed by atoms with Crippen molar-refractivity contribution >= 4 is 10.0 Å². The van der Waals surface area contributed by atoms with E-state index >= 15 is 0 Å². The molecule has 1 heterocycles. The van der Waals surface area contributed by atoms with Gasteiger partial charge in [0.15, 0.2) is 11.5 Å². The number of hydrogen-bond donors (Lipinski definition) is 1. The fourth-order valence-corrected chi connectivity index (χ4v) is 3.12. The summed E-state index contributed by atoms with van der Waals surface area (Å²) in [4.78, 5) is 2.19. The molecule has 0 amide bonds. The van der Waals surface area contributed by atoms with Crippen molar-refractivity contribution in [2.75, 3.05) is 39.5 Å². The zero-order valence-electron chi connectivity index (χ0n) is 11.7. The highest BCUT2D eigenvalue weighted by Gasteiger charge is 2.23. The first-order valence-electron chi connectivity index (χ1n) is 6.43.